The van der Waals surface area contributed by atoms with Crippen LogP contribution in [-0.2, 0) is 4.79 Å². The van der Waals surface area contributed by atoms with Crippen molar-refractivity contribution in [3.63, 3.8) is 0 Å². The van der Waals surface area contributed by atoms with Gasteiger partial charge in [0, 0.05) is 12.3 Å². The van der Waals surface area contributed by atoms with E-state index in [1.807, 2.05) is 0 Å². The SMILES string of the molecule is CCC(C(C)C)C(O)C(O)C(C)C1CCC2C3CC(=O)C4CC(O)CCC4(C)C3CCC12C. The van der Waals surface area contributed by atoms with E-state index in [9.17, 15) is 20.1 Å². The van der Waals surface area contributed by atoms with Gasteiger partial charge in [-0.15, -0.1) is 0 Å². The second kappa shape index (κ2) is 9.21. The van der Waals surface area contributed by atoms with Crippen molar-refractivity contribution < 1.29 is 20.1 Å². The fraction of sp³-hybridized carbons (Fsp3) is 0.966. The van der Waals surface area contributed by atoms with Gasteiger partial charge < -0.3 is 15.3 Å². The van der Waals surface area contributed by atoms with E-state index in [4.69, 9.17) is 0 Å². The van der Waals surface area contributed by atoms with Crippen molar-refractivity contribution in [3.8, 4) is 0 Å². The maximum absolute atomic E-state index is 13.3. The number of carbonyl (C=O) groups excluding carboxylic acids is 1. The number of Topliss-reactive ketones (excluding diaryl/α,β-unsaturated/α-hetero) is 1. The van der Waals surface area contributed by atoms with Gasteiger partial charge in [-0.1, -0.05) is 48.0 Å². The lowest BCUT2D eigenvalue weighted by Crippen LogP contribution is -2.57. The molecule has 0 amide bonds. The summed E-state index contributed by atoms with van der Waals surface area (Å²) in [6, 6.07) is 0. The number of aliphatic hydroxyl groups is 3. The first-order chi connectivity index (χ1) is 15.5. The second-order valence-electron chi connectivity index (χ2n) is 13.4. The molecule has 4 aliphatic rings. The molecule has 4 saturated carbocycles. The van der Waals surface area contributed by atoms with E-state index < -0.39 is 12.2 Å². The van der Waals surface area contributed by atoms with E-state index in [0.29, 0.717) is 48.2 Å². The second-order valence-corrected chi connectivity index (χ2v) is 13.4. The Morgan fingerprint density at radius 2 is 1.58 bits per heavy atom. The van der Waals surface area contributed by atoms with Gasteiger partial charge in [-0.3, -0.25) is 4.79 Å². The monoisotopic (exact) mass is 462 g/mol. The molecule has 3 N–H and O–H groups in total. The van der Waals surface area contributed by atoms with Crippen molar-refractivity contribution in [2.45, 2.75) is 118 Å². The van der Waals surface area contributed by atoms with E-state index in [0.717, 1.165) is 38.5 Å². The molecule has 0 aromatic rings. The van der Waals surface area contributed by atoms with Gasteiger partial charge in [0.2, 0.25) is 0 Å². The van der Waals surface area contributed by atoms with Gasteiger partial charge >= 0.3 is 0 Å². The standard InChI is InChI=1S/C29H50O4/c1-7-19(16(2)3)27(33)26(32)17(4)21-8-9-22-20-15-25(31)24-14-18(30)10-12-29(24,6)23(20)11-13-28(21,22)5/h16-24,26-27,30,32-33H,7-15H2,1-6H3. The van der Waals surface area contributed by atoms with Crippen LogP contribution in [0, 0.1) is 58.2 Å². The zero-order valence-corrected chi connectivity index (χ0v) is 22.0. The Bertz CT molecular complexity index is 720. The molecule has 0 spiro atoms. The molecule has 0 aromatic carbocycles. The lowest BCUT2D eigenvalue weighted by Gasteiger charge is -2.60. The third-order valence-corrected chi connectivity index (χ3v) is 11.8. The quantitative estimate of drug-likeness (QED) is 0.505. The van der Waals surface area contributed by atoms with Crippen molar-refractivity contribution in [2.24, 2.45) is 58.2 Å². The summed E-state index contributed by atoms with van der Waals surface area (Å²) >= 11 is 0. The molecule has 0 radical (unpaired) electrons. The fourth-order valence-electron chi connectivity index (χ4n) is 9.83. The number of ketones is 1. The molecular formula is C29H50O4. The first-order valence-corrected chi connectivity index (χ1v) is 14.0. The van der Waals surface area contributed by atoms with E-state index >= 15 is 0 Å². The van der Waals surface area contributed by atoms with Crippen LogP contribution in [0.5, 0.6) is 0 Å². The van der Waals surface area contributed by atoms with E-state index in [2.05, 4.69) is 41.5 Å². The van der Waals surface area contributed by atoms with Crippen molar-refractivity contribution in [1.82, 2.24) is 0 Å². The van der Waals surface area contributed by atoms with Crippen molar-refractivity contribution in [1.29, 1.82) is 0 Å². The Hall–Kier alpha value is -0.450. The molecule has 12 unspecified atom stereocenters. The highest BCUT2D eigenvalue weighted by atomic mass is 16.3. The zero-order valence-electron chi connectivity index (χ0n) is 22.0. The number of aliphatic hydroxyl groups excluding tert-OH is 3. The lowest BCUT2D eigenvalue weighted by molar-refractivity contribution is -0.161. The molecular weight excluding hydrogens is 412 g/mol. The Balaban J connectivity index is 1.54. The van der Waals surface area contributed by atoms with Gasteiger partial charge in [0.1, 0.15) is 5.78 Å². The number of fused-ring (bicyclic) bond motifs is 5. The zero-order chi connectivity index (χ0) is 24.3. The Labute approximate surface area is 201 Å². The first kappa shape index (κ1) is 25.6. The molecule has 0 aliphatic heterocycles. The summed E-state index contributed by atoms with van der Waals surface area (Å²) in [5, 5.41) is 32.6. The van der Waals surface area contributed by atoms with Crippen molar-refractivity contribution in [3.05, 3.63) is 0 Å². The summed E-state index contributed by atoms with van der Waals surface area (Å²) in [7, 11) is 0. The molecule has 12 atom stereocenters. The van der Waals surface area contributed by atoms with Crippen LogP contribution in [0.25, 0.3) is 0 Å². The molecule has 4 heteroatoms. The molecule has 33 heavy (non-hydrogen) atoms. The predicted octanol–water partition coefficient (Wildman–Crippen LogP) is 5.23. The third-order valence-electron chi connectivity index (χ3n) is 11.8. The molecule has 4 rings (SSSR count). The van der Waals surface area contributed by atoms with Crippen LogP contribution < -0.4 is 0 Å². The molecule has 0 heterocycles. The first-order valence-electron chi connectivity index (χ1n) is 14.0. The van der Waals surface area contributed by atoms with Gasteiger partial charge in [-0.05, 0) is 97.2 Å². The van der Waals surface area contributed by atoms with E-state index in [1.54, 1.807) is 0 Å². The molecule has 4 fully saturated rings. The predicted molar refractivity (Wildman–Crippen MR) is 131 cm³/mol. The normalized spacial score (nSPS) is 46.8. The van der Waals surface area contributed by atoms with Crippen LogP contribution in [0.2, 0.25) is 0 Å². The molecule has 0 aromatic heterocycles. The summed E-state index contributed by atoms with van der Waals surface area (Å²) in [6.07, 6.45) is 6.96. The number of hydrogen-bond acceptors (Lipinski definition) is 4. The minimum atomic E-state index is -0.689. The Kier molecular flexibility index (Phi) is 7.15. The van der Waals surface area contributed by atoms with Gasteiger partial charge in [-0.25, -0.2) is 0 Å². The van der Waals surface area contributed by atoms with Crippen LogP contribution in [0.1, 0.15) is 99.3 Å². The highest BCUT2D eigenvalue weighted by Gasteiger charge is 2.63. The Morgan fingerprint density at radius 1 is 0.939 bits per heavy atom. The molecule has 0 saturated heterocycles. The van der Waals surface area contributed by atoms with Crippen molar-refractivity contribution in [2.75, 3.05) is 0 Å². The van der Waals surface area contributed by atoms with E-state index in [-0.39, 0.29) is 34.7 Å². The van der Waals surface area contributed by atoms with Crippen molar-refractivity contribution >= 4 is 5.78 Å². The smallest absolute Gasteiger partial charge is 0.136 e. The maximum atomic E-state index is 13.3. The fourth-order valence-corrected chi connectivity index (χ4v) is 9.83. The minimum absolute atomic E-state index is 0.0435. The molecule has 0 bridgehead atoms. The molecule has 4 nitrogen and oxygen atoms in total. The van der Waals surface area contributed by atoms with Crippen LogP contribution in [-0.4, -0.2) is 39.4 Å². The number of carbonyl (C=O) groups is 1. The third kappa shape index (κ3) is 4.04. The summed E-state index contributed by atoms with van der Waals surface area (Å²) in [4.78, 5) is 13.3. The Morgan fingerprint density at radius 3 is 2.21 bits per heavy atom. The van der Waals surface area contributed by atoms with Gasteiger partial charge in [-0.2, -0.15) is 0 Å². The average molecular weight is 463 g/mol. The lowest BCUT2D eigenvalue weighted by atomic mass is 9.44. The highest BCUT2D eigenvalue weighted by molar-refractivity contribution is 5.83. The summed E-state index contributed by atoms with van der Waals surface area (Å²) < 4.78 is 0. The van der Waals surface area contributed by atoms with E-state index in [1.165, 1.54) is 6.42 Å². The summed E-state index contributed by atoms with van der Waals surface area (Å²) in [5.74, 6) is 2.94. The maximum Gasteiger partial charge on any atom is 0.136 e. The largest absolute Gasteiger partial charge is 0.393 e. The van der Waals surface area contributed by atoms with Gasteiger partial charge in [0.05, 0.1) is 18.3 Å². The van der Waals surface area contributed by atoms with Crippen LogP contribution in [0.3, 0.4) is 0 Å². The molecule has 4 aliphatic carbocycles. The molecule has 190 valence electrons. The topological polar surface area (TPSA) is 77.8 Å². The van der Waals surface area contributed by atoms with Crippen LogP contribution in [0.15, 0.2) is 0 Å². The summed E-state index contributed by atoms with van der Waals surface area (Å²) in [5.41, 5.74) is 0.185. The van der Waals surface area contributed by atoms with Crippen LogP contribution >= 0.6 is 0 Å². The average Bonchev–Trinajstić information content (AvgIpc) is 3.11. The van der Waals surface area contributed by atoms with Gasteiger partial charge in [0.25, 0.3) is 0 Å². The minimum Gasteiger partial charge on any atom is -0.393 e. The summed E-state index contributed by atoms with van der Waals surface area (Å²) in [6.45, 7) is 13.3. The highest BCUT2D eigenvalue weighted by Crippen LogP contribution is 2.67. The number of rotatable bonds is 6. The van der Waals surface area contributed by atoms with Gasteiger partial charge in [0.15, 0.2) is 0 Å². The van der Waals surface area contributed by atoms with Crippen LogP contribution in [0.4, 0.5) is 0 Å². The number of hydrogen-bond donors (Lipinski definition) is 3.